The van der Waals surface area contributed by atoms with Crippen LogP contribution in [-0.2, 0) is 11.2 Å². The monoisotopic (exact) mass is 364 g/mol. The Labute approximate surface area is 157 Å². The number of methoxy groups -OCH3 is 1. The maximum atomic E-state index is 11.6. The van der Waals surface area contributed by atoms with Crippen LogP contribution in [0.2, 0.25) is 0 Å². The molecule has 0 aromatic heterocycles. The van der Waals surface area contributed by atoms with Crippen LogP contribution in [0.4, 0.5) is 0 Å². The van der Waals surface area contributed by atoms with Gasteiger partial charge in [0.25, 0.3) is 0 Å². The standard InChI is InChI=1S/C22H20O5/c1-25-17-11-13-20(14-12-17)27-21(22(23)24)15-16-7-9-19(10-8-16)26-18-5-3-2-4-6-18/h2-14,21H,15H2,1H3,(H,23,24)/t21-/m0/s1. The predicted molar refractivity (Wildman–Crippen MR) is 102 cm³/mol. The van der Waals surface area contributed by atoms with Crippen molar-refractivity contribution in [2.24, 2.45) is 0 Å². The van der Waals surface area contributed by atoms with Crippen molar-refractivity contribution in [2.45, 2.75) is 12.5 Å². The smallest absolute Gasteiger partial charge is 0.345 e. The fourth-order valence-corrected chi connectivity index (χ4v) is 2.53. The summed E-state index contributed by atoms with van der Waals surface area (Å²) in [6.45, 7) is 0. The first-order valence-electron chi connectivity index (χ1n) is 8.49. The molecular formula is C22H20O5. The highest BCUT2D eigenvalue weighted by Crippen LogP contribution is 2.23. The summed E-state index contributed by atoms with van der Waals surface area (Å²) in [4.78, 5) is 11.6. The SMILES string of the molecule is COc1ccc(O[C@@H](Cc2ccc(Oc3ccccc3)cc2)C(=O)O)cc1. The van der Waals surface area contributed by atoms with Gasteiger partial charge in [-0.2, -0.15) is 0 Å². The zero-order valence-corrected chi connectivity index (χ0v) is 14.9. The van der Waals surface area contributed by atoms with E-state index in [9.17, 15) is 9.90 Å². The second kappa shape index (κ2) is 8.76. The number of aliphatic carboxylic acids is 1. The average molecular weight is 364 g/mol. The summed E-state index contributed by atoms with van der Waals surface area (Å²) < 4.78 is 16.4. The van der Waals surface area contributed by atoms with Crippen LogP contribution < -0.4 is 14.2 Å². The highest BCUT2D eigenvalue weighted by molar-refractivity contribution is 5.73. The highest BCUT2D eigenvalue weighted by Gasteiger charge is 2.20. The van der Waals surface area contributed by atoms with Crippen LogP contribution in [0.15, 0.2) is 78.9 Å². The molecule has 0 aliphatic rings. The van der Waals surface area contributed by atoms with Crippen LogP contribution in [0.3, 0.4) is 0 Å². The van der Waals surface area contributed by atoms with E-state index in [-0.39, 0.29) is 6.42 Å². The molecule has 5 heteroatoms. The predicted octanol–water partition coefficient (Wildman–Crippen LogP) is 4.56. The summed E-state index contributed by atoms with van der Waals surface area (Å²) in [5.41, 5.74) is 0.844. The molecule has 3 aromatic carbocycles. The Morgan fingerprint density at radius 3 is 1.96 bits per heavy atom. The minimum Gasteiger partial charge on any atom is -0.497 e. The van der Waals surface area contributed by atoms with Crippen LogP contribution in [-0.4, -0.2) is 24.3 Å². The van der Waals surface area contributed by atoms with Crippen LogP contribution in [0.1, 0.15) is 5.56 Å². The van der Waals surface area contributed by atoms with E-state index < -0.39 is 12.1 Å². The van der Waals surface area contributed by atoms with Gasteiger partial charge in [0.05, 0.1) is 7.11 Å². The van der Waals surface area contributed by atoms with Gasteiger partial charge in [-0.05, 0) is 54.1 Å². The second-order valence-electron chi connectivity index (χ2n) is 5.88. The minimum atomic E-state index is -1.02. The quantitative estimate of drug-likeness (QED) is 0.635. The van der Waals surface area contributed by atoms with E-state index in [0.717, 1.165) is 11.3 Å². The van der Waals surface area contributed by atoms with Crippen molar-refractivity contribution < 1.29 is 24.1 Å². The molecule has 1 N–H and O–H groups in total. The number of ether oxygens (including phenoxy) is 3. The summed E-state index contributed by atoms with van der Waals surface area (Å²) >= 11 is 0. The van der Waals surface area contributed by atoms with Crippen LogP contribution in [0.25, 0.3) is 0 Å². The molecule has 0 bridgehead atoms. The fraction of sp³-hybridized carbons (Fsp3) is 0.136. The topological polar surface area (TPSA) is 65.0 Å². The third kappa shape index (κ3) is 5.25. The Morgan fingerprint density at radius 2 is 1.37 bits per heavy atom. The largest absolute Gasteiger partial charge is 0.497 e. The third-order valence-corrected chi connectivity index (χ3v) is 3.94. The van der Waals surface area contributed by atoms with Gasteiger partial charge in [0.15, 0.2) is 6.10 Å². The van der Waals surface area contributed by atoms with Crippen LogP contribution in [0.5, 0.6) is 23.0 Å². The van der Waals surface area contributed by atoms with Gasteiger partial charge >= 0.3 is 5.97 Å². The number of carboxylic acid groups (broad SMARTS) is 1. The lowest BCUT2D eigenvalue weighted by molar-refractivity contribution is -0.145. The van der Waals surface area contributed by atoms with E-state index in [0.29, 0.717) is 17.2 Å². The lowest BCUT2D eigenvalue weighted by Gasteiger charge is -2.16. The molecule has 0 aliphatic heterocycles. The Hall–Kier alpha value is -3.47. The molecule has 0 radical (unpaired) electrons. The summed E-state index contributed by atoms with van der Waals surface area (Å²) in [6, 6.07) is 23.6. The number of carboxylic acids is 1. The molecule has 0 unspecified atom stereocenters. The fourth-order valence-electron chi connectivity index (χ4n) is 2.53. The van der Waals surface area contributed by atoms with Gasteiger partial charge in [0.2, 0.25) is 0 Å². The molecule has 1 atom stereocenters. The zero-order chi connectivity index (χ0) is 19.1. The van der Waals surface area contributed by atoms with Crippen molar-refractivity contribution in [3.8, 4) is 23.0 Å². The van der Waals surface area contributed by atoms with Gasteiger partial charge in [-0.3, -0.25) is 0 Å². The van der Waals surface area contributed by atoms with E-state index in [4.69, 9.17) is 14.2 Å². The molecule has 0 heterocycles. The number of hydrogen-bond acceptors (Lipinski definition) is 4. The van der Waals surface area contributed by atoms with Gasteiger partial charge in [-0.15, -0.1) is 0 Å². The van der Waals surface area contributed by atoms with Gasteiger partial charge in [-0.25, -0.2) is 4.79 Å². The number of hydrogen-bond donors (Lipinski definition) is 1. The Bertz CT molecular complexity index is 857. The van der Waals surface area contributed by atoms with Gasteiger partial charge in [0, 0.05) is 6.42 Å². The highest BCUT2D eigenvalue weighted by atomic mass is 16.5. The molecule has 3 rings (SSSR count). The lowest BCUT2D eigenvalue weighted by Crippen LogP contribution is -2.29. The normalized spacial score (nSPS) is 11.4. The van der Waals surface area contributed by atoms with E-state index in [1.807, 2.05) is 54.6 Å². The van der Waals surface area contributed by atoms with E-state index in [1.54, 1.807) is 31.4 Å². The summed E-state index contributed by atoms with van der Waals surface area (Å²) in [6.07, 6.45) is -0.744. The van der Waals surface area contributed by atoms with Gasteiger partial charge in [-0.1, -0.05) is 30.3 Å². The number of benzene rings is 3. The molecule has 0 fully saturated rings. The third-order valence-electron chi connectivity index (χ3n) is 3.94. The molecule has 3 aromatic rings. The van der Waals surface area contributed by atoms with Crippen molar-refractivity contribution in [2.75, 3.05) is 7.11 Å². The first-order valence-corrected chi connectivity index (χ1v) is 8.49. The summed E-state index contributed by atoms with van der Waals surface area (Å²) in [5, 5.41) is 9.47. The summed E-state index contributed by atoms with van der Waals surface area (Å²) in [5.74, 6) is 1.58. The first-order chi connectivity index (χ1) is 13.1. The Morgan fingerprint density at radius 1 is 0.815 bits per heavy atom. The maximum Gasteiger partial charge on any atom is 0.345 e. The zero-order valence-electron chi connectivity index (χ0n) is 14.9. The summed E-state index contributed by atoms with van der Waals surface area (Å²) in [7, 11) is 1.57. The van der Waals surface area contributed by atoms with E-state index >= 15 is 0 Å². The molecule has 0 saturated heterocycles. The molecule has 0 amide bonds. The lowest BCUT2D eigenvalue weighted by atomic mass is 10.1. The van der Waals surface area contributed by atoms with Crippen molar-refractivity contribution in [3.63, 3.8) is 0 Å². The van der Waals surface area contributed by atoms with Gasteiger partial charge in [0.1, 0.15) is 23.0 Å². The minimum absolute atomic E-state index is 0.243. The number of carbonyl (C=O) groups is 1. The molecule has 0 saturated carbocycles. The van der Waals surface area contributed by atoms with Crippen LogP contribution >= 0.6 is 0 Å². The average Bonchev–Trinajstić information content (AvgIpc) is 2.70. The molecule has 0 spiro atoms. The van der Waals surface area contributed by atoms with Gasteiger partial charge < -0.3 is 19.3 Å². The molecule has 5 nitrogen and oxygen atoms in total. The molecule has 0 aliphatic carbocycles. The van der Waals surface area contributed by atoms with Crippen molar-refractivity contribution in [1.29, 1.82) is 0 Å². The number of rotatable bonds is 8. The Kier molecular flexibility index (Phi) is 5.94. The van der Waals surface area contributed by atoms with E-state index in [2.05, 4.69) is 0 Å². The molecular weight excluding hydrogens is 344 g/mol. The number of para-hydroxylation sites is 1. The van der Waals surface area contributed by atoms with Crippen LogP contribution in [0, 0.1) is 0 Å². The Balaban J connectivity index is 1.64. The van der Waals surface area contributed by atoms with E-state index in [1.165, 1.54) is 0 Å². The van der Waals surface area contributed by atoms with Crippen molar-refractivity contribution >= 4 is 5.97 Å². The molecule has 27 heavy (non-hydrogen) atoms. The second-order valence-corrected chi connectivity index (χ2v) is 5.88. The first kappa shape index (κ1) is 18.3. The maximum absolute atomic E-state index is 11.6. The molecule has 138 valence electrons. The van der Waals surface area contributed by atoms with Crippen molar-refractivity contribution in [3.05, 3.63) is 84.4 Å². The van der Waals surface area contributed by atoms with Crippen molar-refractivity contribution in [1.82, 2.24) is 0 Å².